The van der Waals surface area contributed by atoms with Gasteiger partial charge >= 0.3 is 5.97 Å². The van der Waals surface area contributed by atoms with E-state index in [0.717, 1.165) is 34.8 Å². The van der Waals surface area contributed by atoms with Crippen molar-refractivity contribution < 1.29 is 9.22 Å². The third-order valence-electron chi connectivity index (χ3n) is 4.07. The van der Waals surface area contributed by atoms with E-state index in [1.807, 2.05) is 32.0 Å². The number of carbonyl (C=O) groups excluding carboxylic acids is 1. The molecule has 0 N–H and O–H groups in total. The second kappa shape index (κ2) is 6.18. The molecule has 2 nitrogen and oxygen atoms in total. The highest BCUT2D eigenvalue weighted by atomic mass is 28.4. The molecular formula is C15H24O2Si. The maximum Gasteiger partial charge on any atom is 0.325 e. The van der Waals surface area contributed by atoms with Gasteiger partial charge in [-0.25, -0.2) is 4.79 Å². The zero-order valence-electron chi connectivity index (χ0n) is 12.2. The van der Waals surface area contributed by atoms with Crippen LogP contribution >= 0.6 is 0 Å². The van der Waals surface area contributed by atoms with Crippen molar-refractivity contribution in [1.82, 2.24) is 0 Å². The summed E-state index contributed by atoms with van der Waals surface area (Å²) in [6.07, 6.45) is 0. The van der Waals surface area contributed by atoms with E-state index < -0.39 is 8.32 Å². The molecule has 0 saturated carbocycles. The summed E-state index contributed by atoms with van der Waals surface area (Å²) in [7, 11) is -1.85. The Hall–Kier alpha value is -1.09. The molecule has 0 amide bonds. The van der Waals surface area contributed by atoms with Gasteiger partial charge in [0.25, 0.3) is 8.32 Å². The Kier molecular flexibility index (Phi) is 5.14. The van der Waals surface area contributed by atoms with Crippen LogP contribution in [0.25, 0.3) is 0 Å². The van der Waals surface area contributed by atoms with E-state index in [0.29, 0.717) is 0 Å². The van der Waals surface area contributed by atoms with Gasteiger partial charge < -0.3 is 4.43 Å². The molecule has 0 radical (unpaired) electrons. The first-order chi connectivity index (χ1) is 8.49. The molecule has 1 rings (SSSR count). The van der Waals surface area contributed by atoms with E-state index >= 15 is 0 Å². The Balaban J connectivity index is 2.98. The zero-order valence-corrected chi connectivity index (χ0v) is 13.2. The molecule has 0 saturated heterocycles. The summed E-state index contributed by atoms with van der Waals surface area (Å²) in [5.41, 5.74) is 2.90. The maximum absolute atomic E-state index is 12.3. The van der Waals surface area contributed by atoms with Crippen LogP contribution in [0.3, 0.4) is 0 Å². The molecule has 1 aromatic carbocycles. The van der Waals surface area contributed by atoms with Crippen molar-refractivity contribution in [3.05, 3.63) is 34.9 Å². The van der Waals surface area contributed by atoms with Crippen molar-refractivity contribution in [2.75, 3.05) is 0 Å². The van der Waals surface area contributed by atoms with Gasteiger partial charge in [0, 0.05) is 0 Å². The lowest BCUT2D eigenvalue weighted by Gasteiger charge is -2.28. The Labute approximate surface area is 111 Å². The van der Waals surface area contributed by atoms with E-state index in [1.54, 1.807) is 0 Å². The highest BCUT2D eigenvalue weighted by molar-refractivity contribution is 6.75. The Morgan fingerprint density at radius 2 is 1.67 bits per heavy atom. The van der Waals surface area contributed by atoms with Gasteiger partial charge in [-0.2, -0.15) is 0 Å². The molecule has 0 aliphatic carbocycles. The van der Waals surface area contributed by atoms with Crippen LogP contribution < -0.4 is 0 Å². The molecule has 0 bridgehead atoms. The van der Waals surface area contributed by atoms with Crippen LogP contribution in [0.5, 0.6) is 0 Å². The van der Waals surface area contributed by atoms with Gasteiger partial charge in [-0.15, -0.1) is 0 Å². The van der Waals surface area contributed by atoms with Crippen LogP contribution in [0.4, 0.5) is 0 Å². The monoisotopic (exact) mass is 264 g/mol. The molecule has 0 heterocycles. The second-order valence-corrected chi connectivity index (χ2v) is 9.57. The Bertz CT molecular complexity index is 414. The summed E-state index contributed by atoms with van der Waals surface area (Å²) in [6.45, 7) is 10.4. The van der Waals surface area contributed by atoms with Crippen molar-refractivity contribution in [2.45, 2.75) is 52.8 Å². The van der Waals surface area contributed by atoms with Gasteiger partial charge in [0.2, 0.25) is 0 Å². The van der Waals surface area contributed by atoms with Gasteiger partial charge in [-0.1, -0.05) is 32.9 Å². The molecule has 0 atom stereocenters. The SMILES string of the molecule is CC[Si](CC)(CC)OC(=O)c1cccc(C)c1C. The van der Waals surface area contributed by atoms with Crippen LogP contribution in [-0.4, -0.2) is 14.3 Å². The molecule has 0 spiro atoms. The summed E-state index contributed by atoms with van der Waals surface area (Å²) < 4.78 is 5.91. The maximum atomic E-state index is 12.3. The van der Waals surface area contributed by atoms with E-state index in [1.165, 1.54) is 0 Å². The number of rotatable bonds is 5. The predicted molar refractivity (Wildman–Crippen MR) is 78.5 cm³/mol. The first kappa shape index (κ1) is 15.0. The Morgan fingerprint density at radius 3 is 2.17 bits per heavy atom. The molecule has 0 fully saturated rings. The largest absolute Gasteiger partial charge is 0.516 e. The predicted octanol–water partition coefficient (Wildman–Crippen LogP) is 4.47. The number of hydrogen-bond acceptors (Lipinski definition) is 2. The summed E-state index contributed by atoms with van der Waals surface area (Å²) in [5, 5.41) is 0. The summed E-state index contributed by atoms with van der Waals surface area (Å²) in [5.74, 6) is -0.131. The molecule has 1 aromatic rings. The van der Waals surface area contributed by atoms with Crippen molar-refractivity contribution >= 4 is 14.3 Å². The first-order valence-corrected chi connectivity index (χ1v) is 9.32. The minimum absolute atomic E-state index is 0.131. The molecule has 3 heteroatoms. The van der Waals surface area contributed by atoms with Crippen LogP contribution in [-0.2, 0) is 4.43 Å². The standard InChI is InChI=1S/C15H24O2Si/c1-6-18(7-2,8-3)17-15(16)14-11-9-10-12(4)13(14)5/h9-11H,6-8H2,1-5H3. The molecular weight excluding hydrogens is 240 g/mol. The summed E-state index contributed by atoms with van der Waals surface area (Å²) in [4.78, 5) is 12.3. The first-order valence-electron chi connectivity index (χ1n) is 6.79. The lowest BCUT2D eigenvalue weighted by Crippen LogP contribution is -2.38. The normalized spacial score (nSPS) is 11.4. The van der Waals surface area contributed by atoms with Crippen molar-refractivity contribution in [2.24, 2.45) is 0 Å². The van der Waals surface area contributed by atoms with E-state index in [2.05, 4.69) is 20.8 Å². The van der Waals surface area contributed by atoms with Crippen molar-refractivity contribution in [3.8, 4) is 0 Å². The van der Waals surface area contributed by atoms with Gasteiger partial charge in [-0.3, -0.25) is 0 Å². The average molecular weight is 264 g/mol. The van der Waals surface area contributed by atoms with Gasteiger partial charge in [0.05, 0.1) is 5.56 Å². The second-order valence-electron chi connectivity index (χ2n) is 4.88. The lowest BCUT2D eigenvalue weighted by atomic mass is 10.0. The number of aryl methyl sites for hydroxylation is 1. The van der Waals surface area contributed by atoms with Crippen LogP contribution in [0, 0.1) is 13.8 Å². The minimum Gasteiger partial charge on any atom is -0.516 e. The van der Waals surface area contributed by atoms with Gasteiger partial charge in [0.1, 0.15) is 0 Å². The van der Waals surface area contributed by atoms with Gasteiger partial charge in [0.15, 0.2) is 0 Å². The topological polar surface area (TPSA) is 26.3 Å². The molecule has 0 aromatic heterocycles. The number of hydrogen-bond donors (Lipinski definition) is 0. The average Bonchev–Trinajstić information content (AvgIpc) is 2.39. The molecule has 0 unspecified atom stereocenters. The summed E-state index contributed by atoms with van der Waals surface area (Å²) >= 11 is 0. The highest BCUT2D eigenvalue weighted by Crippen LogP contribution is 2.24. The van der Waals surface area contributed by atoms with E-state index in [-0.39, 0.29) is 5.97 Å². The van der Waals surface area contributed by atoms with Crippen molar-refractivity contribution in [3.63, 3.8) is 0 Å². The van der Waals surface area contributed by atoms with Crippen LogP contribution in [0.2, 0.25) is 18.1 Å². The quantitative estimate of drug-likeness (QED) is 0.734. The fraction of sp³-hybridized carbons (Fsp3) is 0.533. The van der Waals surface area contributed by atoms with E-state index in [9.17, 15) is 4.79 Å². The zero-order chi connectivity index (χ0) is 13.8. The third-order valence-corrected chi connectivity index (χ3v) is 8.55. The van der Waals surface area contributed by atoms with E-state index in [4.69, 9.17) is 4.43 Å². The molecule has 0 aliphatic heterocycles. The van der Waals surface area contributed by atoms with Crippen LogP contribution in [0.1, 0.15) is 42.3 Å². The fourth-order valence-corrected chi connectivity index (χ4v) is 4.63. The van der Waals surface area contributed by atoms with Crippen LogP contribution in [0.15, 0.2) is 18.2 Å². The Morgan fingerprint density at radius 1 is 1.11 bits per heavy atom. The lowest BCUT2D eigenvalue weighted by molar-refractivity contribution is 0.0716. The third kappa shape index (κ3) is 3.02. The number of benzene rings is 1. The fourth-order valence-electron chi connectivity index (χ4n) is 2.19. The minimum atomic E-state index is -1.85. The molecule has 18 heavy (non-hydrogen) atoms. The molecule has 100 valence electrons. The summed E-state index contributed by atoms with van der Waals surface area (Å²) in [6, 6.07) is 8.80. The van der Waals surface area contributed by atoms with Crippen molar-refractivity contribution in [1.29, 1.82) is 0 Å². The molecule has 0 aliphatic rings. The van der Waals surface area contributed by atoms with Gasteiger partial charge in [-0.05, 0) is 49.2 Å². The number of carbonyl (C=O) groups is 1. The smallest absolute Gasteiger partial charge is 0.325 e. The highest BCUT2D eigenvalue weighted by Gasteiger charge is 2.33.